The molecular weight excluding hydrogens is 338 g/mol. The second kappa shape index (κ2) is 6.41. The van der Waals surface area contributed by atoms with Crippen molar-refractivity contribution in [2.24, 2.45) is 0 Å². The number of phenolic OH excluding ortho intramolecular Hbond substituents is 1. The third-order valence-corrected chi connectivity index (χ3v) is 3.25. The Bertz CT molecular complexity index is 700. The number of carbonyl (C=O) groups is 2. The molecule has 0 saturated carbocycles. The SMILES string of the molecule is O=C(Cc1cccc(Br)c1)Nc1ccc(O)cc1C(=O)O. The number of carbonyl (C=O) groups excluding carboxylic acids is 1. The molecule has 0 bridgehead atoms. The first-order valence-corrected chi connectivity index (χ1v) is 6.85. The Morgan fingerprint density at radius 1 is 1.14 bits per heavy atom. The van der Waals surface area contributed by atoms with Gasteiger partial charge in [-0.25, -0.2) is 4.79 Å². The minimum Gasteiger partial charge on any atom is -0.508 e. The summed E-state index contributed by atoms with van der Waals surface area (Å²) in [6.45, 7) is 0. The van der Waals surface area contributed by atoms with Crippen LogP contribution in [0.25, 0.3) is 0 Å². The molecule has 0 fully saturated rings. The maximum Gasteiger partial charge on any atom is 0.337 e. The highest BCUT2D eigenvalue weighted by atomic mass is 79.9. The number of hydrogen-bond donors (Lipinski definition) is 3. The quantitative estimate of drug-likeness (QED) is 0.740. The summed E-state index contributed by atoms with van der Waals surface area (Å²) in [5.41, 5.74) is 0.801. The molecule has 0 aliphatic carbocycles. The van der Waals surface area contributed by atoms with Crippen LogP contribution >= 0.6 is 15.9 Å². The highest BCUT2D eigenvalue weighted by Crippen LogP contribution is 2.21. The lowest BCUT2D eigenvalue weighted by Gasteiger charge is -2.09. The molecule has 0 unspecified atom stereocenters. The first kappa shape index (κ1) is 15.1. The van der Waals surface area contributed by atoms with Gasteiger partial charge in [-0.15, -0.1) is 0 Å². The Labute approximate surface area is 129 Å². The number of aromatic hydroxyl groups is 1. The Hall–Kier alpha value is -2.34. The van der Waals surface area contributed by atoms with E-state index in [2.05, 4.69) is 21.2 Å². The number of benzene rings is 2. The summed E-state index contributed by atoms with van der Waals surface area (Å²) in [6, 6.07) is 11.1. The summed E-state index contributed by atoms with van der Waals surface area (Å²) < 4.78 is 0.864. The zero-order chi connectivity index (χ0) is 15.4. The van der Waals surface area contributed by atoms with Crippen molar-refractivity contribution >= 4 is 33.5 Å². The van der Waals surface area contributed by atoms with E-state index in [0.29, 0.717) is 0 Å². The molecule has 2 aromatic rings. The van der Waals surface area contributed by atoms with Gasteiger partial charge < -0.3 is 15.5 Å². The van der Waals surface area contributed by atoms with Crippen molar-refractivity contribution < 1.29 is 19.8 Å². The van der Waals surface area contributed by atoms with Gasteiger partial charge in [-0.3, -0.25) is 4.79 Å². The lowest BCUT2D eigenvalue weighted by molar-refractivity contribution is -0.115. The summed E-state index contributed by atoms with van der Waals surface area (Å²) in [7, 11) is 0. The van der Waals surface area contributed by atoms with E-state index < -0.39 is 5.97 Å². The van der Waals surface area contributed by atoms with Crippen molar-refractivity contribution in [3.63, 3.8) is 0 Å². The van der Waals surface area contributed by atoms with Gasteiger partial charge in [0.1, 0.15) is 5.75 Å². The van der Waals surface area contributed by atoms with Gasteiger partial charge in [-0.1, -0.05) is 28.1 Å². The van der Waals surface area contributed by atoms with Crippen LogP contribution in [0.4, 0.5) is 5.69 Å². The highest BCUT2D eigenvalue weighted by Gasteiger charge is 2.13. The van der Waals surface area contributed by atoms with E-state index in [9.17, 15) is 14.7 Å². The van der Waals surface area contributed by atoms with Gasteiger partial charge in [-0.2, -0.15) is 0 Å². The van der Waals surface area contributed by atoms with Crippen LogP contribution in [0.3, 0.4) is 0 Å². The molecule has 6 heteroatoms. The number of anilines is 1. The average molecular weight is 350 g/mol. The fourth-order valence-electron chi connectivity index (χ4n) is 1.84. The largest absolute Gasteiger partial charge is 0.508 e. The van der Waals surface area contributed by atoms with Gasteiger partial charge in [0.15, 0.2) is 0 Å². The molecular formula is C15H12BrNO4. The van der Waals surface area contributed by atoms with Crippen LogP contribution in [0, 0.1) is 0 Å². The Morgan fingerprint density at radius 3 is 2.57 bits per heavy atom. The monoisotopic (exact) mass is 349 g/mol. The Morgan fingerprint density at radius 2 is 1.90 bits per heavy atom. The molecule has 0 aliphatic heterocycles. The molecule has 0 aromatic heterocycles. The summed E-state index contributed by atoms with van der Waals surface area (Å²) >= 11 is 3.32. The minimum atomic E-state index is -1.22. The lowest BCUT2D eigenvalue weighted by Crippen LogP contribution is -2.16. The van der Waals surface area contributed by atoms with Crippen LogP contribution in [0.1, 0.15) is 15.9 Å². The van der Waals surface area contributed by atoms with Gasteiger partial charge >= 0.3 is 5.97 Å². The fraction of sp³-hybridized carbons (Fsp3) is 0.0667. The molecule has 108 valence electrons. The van der Waals surface area contributed by atoms with E-state index in [0.717, 1.165) is 16.1 Å². The van der Waals surface area contributed by atoms with E-state index in [4.69, 9.17) is 5.11 Å². The third-order valence-electron chi connectivity index (χ3n) is 2.76. The number of nitrogens with one attached hydrogen (secondary N) is 1. The molecule has 0 saturated heterocycles. The maximum atomic E-state index is 12.0. The Balaban J connectivity index is 2.15. The Kier molecular flexibility index (Phi) is 4.59. The number of amides is 1. The molecule has 0 spiro atoms. The van der Waals surface area contributed by atoms with Crippen molar-refractivity contribution in [2.45, 2.75) is 6.42 Å². The summed E-state index contributed by atoms with van der Waals surface area (Å²) in [5, 5.41) is 20.9. The molecule has 1 amide bonds. The van der Waals surface area contributed by atoms with Crippen LogP contribution in [-0.2, 0) is 11.2 Å². The maximum absolute atomic E-state index is 12.0. The van der Waals surface area contributed by atoms with Crippen LogP contribution in [0.5, 0.6) is 5.75 Å². The second-order valence-corrected chi connectivity index (χ2v) is 5.31. The number of carboxylic acids is 1. The molecule has 0 radical (unpaired) electrons. The predicted octanol–water partition coefficient (Wildman–Crippen LogP) is 3.03. The molecule has 3 N–H and O–H groups in total. The standard InChI is InChI=1S/C15H12BrNO4/c16-10-3-1-2-9(6-10)7-14(19)17-13-5-4-11(18)8-12(13)15(20)21/h1-6,8,18H,7H2,(H,17,19)(H,20,21). The first-order chi connectivity index (χ1) is 9.95. The molecule has 21 heavy (non-hydrogen) atoms. The zero-order valence-electron chi connectivity index (χ0n) is 10.8. The first-order valence-electron chi connectivity index (χ1n) is 6.06. The van der Waals surface area contributed by atoms with Crippen molar-refractivity contribution in [2.75, 3.05) is 5.32 Å². The normalized spacial score (nSPS) is 10.1. The number of hydrogen-bond acceptors (Lipinski definition) is 3. The van der Waals surface area contributed by atoms with Gasteiger partial charge in [0.25, 0.3) is 0 Å². The summed E-state index contributed by atoms with van der Waals surface area (Å²) in [6.07, 6.45) is 0.124. The van der Waals surface area contributed by atoms with Crippen molar-refractivity contribution in [3.05, 3.63) is 58.1 Å². The van der Waals surface area contributed by atoms with Crippen LogP contribution in [-0.4, -0.2) is 22.1 Å². The zero-order valence-corrected chi connectivity index (χ0v) is 12.4. The van der Waals surface area contributed by atoms with E-state index >= 15 is 0 Å². The van der Waals surface area contributed by atoms with Gasteiger partial charge in [0, 0.05) is 4.47 Å². The number of halogens is 1. The van der Waals surface area contributed by atoms with E-state index in [-0.39, 0.29) is 29.3 Å². The van der Waals surface area contributed by atoms with Gasteiger partial charge in [0.2, 0.25) is 5.91 Å². The molecule has 0 aliphatic rings. The molecule has 2 rings (SSSR count). The highest BCUT2D eigenvalue weighted by molar-refractivity contribution is 9.10. The molecule has 0 atom stereocenters. The number of carboxylic acid groups (broad SMARTS) is 1. The number of phenols is 1. The van der Waals surface area contributed by atoms with Crippen molar-refractivity contribution in [1.29, 1.82) is 0 Å². The summed E-state index contributed by atoms with van der Waals surface area (Å²) in [4.78, 5) is 23.1. The van der Waals surface area contributed by atoms with Crippen molar-refractivity contribution in [1.82, 2.24) is 0 Å². The predicted molar refractivity (Wildman–Crippen MR) is 81.5 cm³/mol. The summed E-state index contributed by atoms with van der Waals surface area (Å²) in [5.74, 6) is -1.72. The van der Waals surface area contributed by atoms with Crippen molar-refractivity contribution in [3.8, 4) is 5.75 Å². The minimum absolute atomic E-state index is 0.124. The van der Waals surface area contributed by atoms with E-state index in [1.54, 1.807) is 6.07 Å². The average Bonchev–Trinajstić information content (AvgIpc) is 2.40. The van der Waals surface area contributed by atoms with Crippen LogP contribution in [0.15, 0.2) is 46.9 Å². The second-order valence-electron chi connectivity index (χ2n) is 4.39. The molecule has 2 aromatic carbocycles. The molecule has 5 nitrogen and oxygen atoms in total. The van der Waals surface area contributed by atoms with Crippen LogP contribution in [0.2, 0.25) is 0 Å². The van der Waals surface area contributed by atoms with E-state index in [1.165, 1.54) is 12.1 Å². The number of rotatable bonds is 4. The number of aromatic carboxylic acids is 1. The lowest BCUT2D eigenvalue weighted by atomic mass is 10.1. The fourth-order valence-corrected chi connectivity index (χ4v) is 2.29. The van der Waals surface area contributed by atoms with E-state index in [1.807, 2.05) is 18.2 Å². The van der Waals surface area contributed by atoms with Crippen LogP contribution < -0.4 is 5.32 Å². The smallest absolute Gasteiger partial charge is 0.337 e. The topological polar surface area (TPSA) is 86.6 Å². The molecule has 0 heterocycles. The third kappa shape index (κ3) is 4.06. The van der Waals surface area contributed by atoms with Gasteiger partial charge in [0.05, 0.1) is 17.7 Å². The van der Waals surface area contributed by atoms with Gasteiger partial charge in [-0.05, 0) is 35.9 Å².